The normalized spacial score (nSPS) is 16.9. The van der Waals surface area contributed by atoms with Gasteiger partial charge in [-0.2, -0.15) is 0 Å². The first kappa shape index (κ1) is 24.2. The quantitative estimate of drug-likeness (QED) is 0.358. The molecular formula is C26H32N6O4. The molecule has 2 unspecified atom stereocenters. The third kappa shape index (κ3) is 5.19. The van der Waals surface area contributed by atoms with Gasteiger partial charge in [-0.1, -0.05) is 13.8 Å². The lowest BCUT2D eigenvalue weighted by molar-refractivity contribution is 0.0384. The third-order valence-corrected chi connectivity index (χ3v) is 6.70. The maximum Gasteiger partial charge on any atom is 0.252 e. The molecule has 10 heteroatoms. The molecule has 0 spiro atoms. The second kappa shape index (κ2) is 10.6. The fourth-order valence-corrected chi connectivity index (χ4v) is 4.99. The lowest BCUT2D eigenvalue weighted by atomic mass is 9.99. The number of pyridine rings is 1. The summed E-state index contributed by atoms with van der Waals surface area (Å²) < 4.78 is 18.7. The molecule has 36 heavy (non-hydrogen) atoms. The zero-order valence-electron chi connectivity index (χ0n) is 20.9. The third-order valence-electron chi connectivity index (χ3n) is 6.70. The van der Waals surface area contributed by atoms with Gasteiger partial charge in [-0.3, -0.25) is 9.69 Å². The summed E-state index contributed by atoms with van der Waals surface area (Å²) in [5.41, 5.74) is 1.34. The molecule has 190 valence electrons. The predicted molar refractivity (Wildman–Crippen MR) is 134 cm³/mol. The minimum Gasteiger partial charge on any atom is -0.497 e. The monoisotopic (exact) mass is 492 g/mol. The molecule has 0 amide bonds. The van der Waals surface area contributed by atoms with Gasteiger partial charge in [-0.25, -0.2) is 4.68 Å². The Bertz CT molecular complexity index is 1340. The molecule has 0 aliphatic carbocycles. The van der Waals surface area contributed by atoms with E-state index in [1.54, 1.807) is 18.1 Å². The van der Waals surface area contributed by atoms with Crippen molar-refractivity contribution in [2.45, 2.75) is 51.9 Å². The number of aromatic amines is 1. The van der Waals surface area contributed by atoms with Gasteiger partial charge in [0.25, 0.3) is 5.56 Å². The Morgan fingerprint density at radius 1 is 1.28 bits per heavy atom. The van der Waals surface area contributed by atoms with E-state index in [1.807, 2.05) is 36.4 Å². The topological polar surface area (TPSA) is 111 Å². The molecule has 0 radical (unpaired) electrons. The summed E-state index contributed by atoms with van der Waals surface area (Å²) in [6.45, 7) is 6.59. The van der Waals surface area contributed by atoms with Gasteiger partial charge in [0.05, 0.1) is 25.5 Å². The van der Waals surface area contributed by atoms with Crippen LogP contribution in [-0.4, -0.2) is 56.5 Å². The van der Waals surface area contributed by atoms with E-state index >= 15 is 0 Å². The van der Waals surface area contributed by atoms with Gasteiger partial charge in [0.15, 0.2) is 5.82 Å². The minimum absolute atomic E-state index is 0.0975. The molecule has 1 N–H and O–H groups in total. The summed E-state index contributed by atoms with van der Waals surface area (Å²) in [6, 6.07) is 11.2. The lowest BCUT2D eigenvalue weighted by Crippen LogP contribution is -2.40. The van der Waals surface area contributed by atoms with Crippen molar-refractivity contribution < 1.29 is 13.9 Å². The Kier molecular flexibility index (Phi) is 7.15. The number of nitrogens with zero attached hydrogens (tertiary/aromatic N) is 5. The van der Waals surface area contributed by atoms with Crippen LogP contribution in [0.5, 0.6) is 5.75 Å². The second-order valence-electron chi connectivity index (χ2n) is 9.60. The van der Waals surface area contributed by atoms with E-state index < -0.39 is 0 Å². The summed E-state index contributed by atoms with van der Waals surface area (Å²) in [5, 5.41) is 13.6. The molecular weight excluding hydrogens is 460 g/mol. The molecule has 1 aliphatic rings. The average molecular weight is 493 g/mol. The lowest BCUT2D eigenvalue weighted by Gasteiger charge is -2.35. The van der Waals surface area contributed by atoms with E-state index in [4.69, 9.17) is 13.9 Å². The highest BCUT2D eigenvalue weighted by Gasteiger charge is 2.32. The Balaban J connectivity index is 1.51. The average Bonchev–Trinajstić information content (AvgIpc) is 3.64. The summed E-state index contributed by atoms with van der Waals surface area (Å²) in [5.74, 6) is 2.43. The highest BCUT2D eigenvalue weighted by atomic mass is 16.5. The molecule has 4 heterocycles. The molecule has 10 nitrogen and oxygen atoms in total. The van der Waals surface area contributed by atoms with Crippen LogP contribution in [0.3, 0.4) is 0 Å². The molecule has 0 saturated carbocycles. The van der Waals surface area contributed by atoms with E-state index in [0.29, 0.717) is 25.2 Å². The Morgan fingerprint density at radius 2 is 2.17 bits per heavy atom. The first-order valence-electron chi connectivity index (χ1n) is 12.4. The predicted octanol–water partition coefficient (Wildman–Crippen LogP) is 3.54. The van der Waals surface area contributed by atoms with Gasteiger partial charge in [0, 0.05) is 36.2 Å². The van der Waals surface area contributed by atoms with Crippen molar-refractivity contribution >= 4 is 10.9 Å². The van der Waals surface area contributed by atoms with Crippen LogP contribution in [0.25, 0.3) is 10.9 Å². The Morgan fingerprint density at radius 3 is 2.89 bits per heavy atom. The number of ether oxygens (including phenoxy) is 2. The molecule has 5 rings (SSSR count). The summed E-state index contributed by atoms with van der Waals surface area (Å²) in [4.78, 5) is 18.4. The number of hydrogen-bond donors (Lipinski definition) is 1. The van der Waals surface area contributed by atoms with Crippen LogP contribution in [-0.2, 0) is 17.8 Å². The molecule has 2 atom stereocenters. The maximum absolute atomic E-state index is 13.1. The number of nitrogens with one attached hydrogen (secondary N) is 1. The number of furan rings is 1. The minimum atomic E-state index is -0.139. The number of tetrazole rings is 1. The summed E-state index contributed by atoms with van der Waals surface area (Å²) >= 11 is 0. The van der Waals surface area contributed by atoms with Crippen molar-refractivity contribution in [2.75, 3.05) is 20.3 Å². The molecule has 1 fully saturated rings. The van der Waals surface area contributed by atoms with Crippen LogP contribution in [0.15, 0.2) is 51.9 Å². The van der Waals surface area contributed by atoms with Crippen molar-refractivity contribution in [3.63, 3.8) is 0 Å². The van der Waals surface area contributed by atoms with Gasteiger partial charge in [-0.15, -0.1) is 5.10 Å². The Labute approximate surface area is 209 Å². The van der Waals surface area contributed by atoms with Crippen LogP contribution in [0.4, 0.5) is 0 Å². The first-order chi connectivity index (χ1) is 17.5. The fourth-order valence-electron chi connectivity index (χ4n) is 4.99. The molecule has 1 aliphatic heterocycles. The van der Waals surface area contributed by atoms with Crippen LogP contribution in [0.1, 0.15) is 49.9 Å². The molecule has 3 aromatic heterocycles. The molecule has 1 aromatic carbocycles. The number of methoxy groups -OCH3 is 1. The zero-order chi connectivity index (χ0) is 25.1. The smallest absolute Gasteiger partial charge is 0.252 e. The van der Waals surface area contributed by atoms with Crippen molar-refractivity contribution in [1.29, 1.82) is 0 Å². The standard InChI is InChI=1S/C26H32N6O4/c1-17(2)24(25-28-29-30-32(25)16-22-7-5-11-36-22)31(15-21-6-4-10-35-21)14-19-12-18-13-20(34-3)8-9-23(18)27-26(19)33/h5,7-9,11-13,17,21,24H,4,6,10,14-16H2,1-3H3,(H,27,33). The highest BCUT2D eigenvalue weighted by Crippen LogP contribution is 2.31. The fraction of sp³-hybridized carbons (Fsp3) is 0.462. The first-order valence-corrected chi connectivity index (χ1v) is 12.4. The maximum atomic E-state index is 13.1. The molecule has 4 aromatic rings. The largest absolute Gasteiger partial charge is 0.497 e. The van der Waals surface area contributed by atoms with Crippen molar-refractivity contribution in [1.82, 2.24) is 30.1 Å². The SMILES string of the molecule is COc1ccc2[nH]c(=O)c(CN(CC3CCCO3)C(c3nnnn3Cc3ccco3)C(C)C)cc2c1. The van der Waals surface area contributed by atoms with Crippen molar-refractivity contribution in [3.05, 3.63) is 70.2 Å². The van der Waals surface area contributed by atoms with Crippen LogP contribution in [0.2, 0.25) is 0 Å². The van der Waals surface area contributed by atoms with Crippen LogP contribution in [0, 0.1) is 5.92 Å². The summed E-state index contributed by atoms with van der Waals surface area (Å²) in [7, 11) is 1.64. The zero-order valence-corrected chi connectivity index (χ0v) is 20.9. The van der Waals surface area contributed by atoms with Crippen molar-refractivity contribution in [3.8, 4) is 5.75 Å². The van der Waals surface area contributed by atoms with E-state index in [9.17, 15) is 4.79 Å². The van der Waals surface area contributed by atoms with Crippen LogP contribution < -0.4 is 10.3 Å². The van der Waals surface area contributed by atoms with Crippen molar-refractivity contribution in [2.24, 2.45) is 5.92 Å². The van der Waals surface area contributed by atoms with E-state index in [2.05, 4.69) is 39.3 Å². The van der Waals surface area contributed by atoms with Gasteiger partial charge >= 0.3 is 0 Å². The number of benzene rings is 1. The second-order valence-corrected chi connectivity index (χ2v) is 9.60. The van der Waals surface area contributed by atoms with E-state index in [0.717, 1.165) is 47.7 Å². The number of fused-ring (bicyclic) bond motifs is 1. The van der Waals surface area contributed by atoms with E-state index in [1.165, 1.54) is 0 Å². The number of H-pyrrole nitrogens is 1. The van der Waals surface area contributed by atoms with Gasteiger partial charge in [0.1, 0.15) is 18.1 Å². The van der Waals surface area contributed by atoms with Crippen LogP contribution >= 0.6 is 0 Å². The number of rotatable bonds is 10. The highest BCUT2D eigenvalue weighted by molar-refractivity contribution is 5.80. The summed E-state index contributed by atoms with van der Waals surface area (Å²) in [6.07, 6.45) is 3.77. The Hall–Kier alpha value is -3.50. The molecule has 1 saturated heterocycles. The number of aromatic nitrogens is 5. The molecule has 0 bridgehead atoms. The van der Waals surface area contributed by atoms with Gasteiger partial charge in [-0.05, 0) is 65.6 Å². The number of hydrogen-bond acceptors (Lipinski definition) is 8. The van der Waals surface area contributed by atoms with Gasteiger partial charge < -0.3 is 18.9 Å². The van der Waals surface area contributed by atoms with E-state index in [-0.39, 0.29) is 23.6 Å². The van der Waals surface area contributed by atoms with Gasteiger partial charge in [0.2, 0.25) is 0 Å².